The smallest absolute Gasteiger partial charge is 0.216 e. The van der Waals surface area contributed by atoms with E-state index in [4.69, 9.17) is 21.4 Å². The van der Waals surface area contributed by atoms with E-state index in [0.29, 0.717) is 28.7 Å². The number of para-hydroxylation sites is 1. The van der Waals surface area contributed by atoms with E-state index in [2.05, 4.69) is 15.3 Å². The Morgan fingerprint density at radius 2 is 2.15 bits per heavy atom. The molecule has 27 heavy (non-hydrogen) atoms. The fourth-order valence-electron chi connectivity index (χ4n) is 2.49. The number of nitrogens with zero attached hydrogens (tertiary/aromatic N) is 3. The molecule has 0 saturated carbocycles. The fraction of sp³-hybridized carbons (Fsp3) is 0.105. The highest BCUT2D eigenvalue weighted by Gasteiger charge is 2.09. The van der Waals surface area contributed by atoms with Crippen LogP contribution in [0.25, 0.3) is 10.7 Å². The number of hydrogen-bond donors (Lipinski definition) is 1. The third-order valence-corrected chi connectivity index (χ3v) is 4.97. The van der Waals surface area contributed by atoms with E-state index >= 15 is 0 Å². The van der Waals surface area contributed by atoms with Crippen molar-refractivity contribution >= 4 is 29.8 Å². The Morgan fingerprint density at radius 1 is 1.26 bits per heavy atom. The topological polar surface area (TPSA) is 68.3 Å². The zero-order valence-corrected chi connectivity index (χ0v) is 16.1. The predicted molar refractivity (Wildman–Crippen MR) is 108 cm³/mol. The summed E-state index contributed by atoms with van der Waals surface area (Å²) in [5.41, 5.74) is 1.08. The van der Waals surface area contributed by atoms with Crippen LogP contribution < -0.4 is 4.74 Å². The summed E-state index contributed by atoms with van der Waals surface area (Å²) in [5, 5.41) is 13.4. The van der Waals surface area contributed by atoms with Gasteiger partial charge in [-0.25, -0.2) is 5.10 Å². The number of nitrogens with one attached hydrogen (secondary N) is 1. The second-order valence-electron chi connectivity index (χ2n) is 5.74. The summed E-state index contributed by atoms with van der Waals surface area (Å²) >= 11 is 6.83. The van der Waals surface area contributed by atoms with Crippen LogP contribution in [-0.2, 0) is 6.61 Å². The number of rotatable bonds is 6. The molecule has 0 aliphatic heterocycles. The minimum Gasteiger partial charge on any atom is -0.485 e. The average molecular weight is 396 g/mol. The van der Waals surface area contributed by atoms with Gasteiger partial charge < -0.3 is 9.15 Å². The molecular weight excluding hydrogens is 380 g/mol. The van der Waals surface area contributed by atoms with Crippen molar-refractivity contribution in [2.45, 2.75) is 13.5 Å². The molecule has 0 bridgehead atoms. The summed E-state index contributed by atoms with van der Waals surface area (Å²) in [6, 6.07) is 15.5. The number of thiophene rings is 1. The fourth-order valence-corrected chi connectivity index (χ4v) is 3.37. The Labute approximate surface area is 164 Å². The third kappa shape index (κ3) is 3.91. The van der Waals surface area contributed by atoms with Crippen molar-refractivity contribution in [1.29, 1.82) is 0 Å². The van der Waals surface area contributed by atoms with Gasteiger partial charge in [0.25, 0.3) is 0 Å². The maximum absolute atomic E-state index is 5.80. The van der Waals surface area contributed by atoms with Crippen molar-refractivity contribution < 1.29 is 9.15 Å². The molecule has 0 unspecified atom stereocenters. The van der Waals surface area contributed by atoms with E-state index in [1.165, 1.54) is 0 Å². The second kappa shape index (κ2) is 7.73. The number of aromatic nitrogens is 3. The second-order valence-corrected chi connectivity index (χ2v) is 7.08. The number of hydrogen-bond acceptors (Lipinski definition) is 6. The first-order valence-corrected chi connectivity index (χ1v) is 9.52. The summed E-state index contributed by atoms with van der Waals surface area (Å²) in [5.74, 6) is 2.84. The molecule has 0 aliphatic carbocycles. The summed E-state index contributed by atoms with van der Waals surface area (Å²) in [6.45, 7) is 2.36. The normalized spacial score (nSPS) is 11.3. The molecule has 4 rings (SSSR count). The minimum atomic E-state index is 0.351. The molecule has 0 amide bonds. The van der Waals surface area contributed by atoms with E-state index in [9.17, 15) is 0 Å². The quantitative estimate of drug-likeness (QED) is 0.366. The zero-order valence-electron chi connectivity index (χ0n) is 14.5. The lowest BCUT2D eigenvalue weighted by atomic mass is 10.2. The van der Waals surface area contributed by atoms with Crippen molar-refractivity contribution in [3.8, 4) is 16.5 Å². The highest BCUT2D eigenvalue weighted by Crippen LogP contribution is 2.23. The lowest BCUT2D eigenvalue weighted by Crippen LogP contribution is -1.95. The van der Waals surface area contributed by atoms with Crippen LogP contribution in [0.1, 0.15) is 17.1 Å². The number of aromatic amines is 1. The standard InChI is InChI=1S/C19H16N4O2S2/c1-13-5-2-3-6-16(13)24-12-15-9-8-14(25-15)11-20-23-18(21-22-19(23)26)17-7-4-10-27-17/h2-11H,12H2,1H3,(H,22,26). The first kappa shape index (κ1) is 17.4. The maximum atomic E-state index is 5.80. The molecule has 0 atom stereocenters. The van der Waals surface area contributed by atoms with Gasteiger partial charge >= 0.3 is 0 Å². The van der Waals surface area contributed by atoms with Gasteiger partial charge in [0.1, 0.15) is 23.9 Å². The third-order valence-electron chi connectivity index (χ3n) is 3.84. The number of aryl methyl sites for hydroxylation is 1. The van der Waals surface area contributed by atoms with Gasteiger partial charge in [-0.3, -0.25) is 0 Å². The Hall–Kier alpha value is -2.97. The van der Waals surface area contributed by atoms with Gasteiger partial charge in [-0.1, -0.05) is 24.3 Å². The Bertz CT molecular complexity index is 1120. The van der Waals surface area contributed by atoms with E-state index in [-0.39, 0.29) is 0 Å². The summed E-state index contributed by atoms with van der Waals surface area (Å²) in [7, 11) is 0. The molecule has 4 aromatic rings. The highest BCUT2D eigenvalue weighted by molar-refractivity contribution is 7.71. The molecule has 0 saturated heterocycles. The number of benzene rings is 1. The van der Waals surface area contributed by atoms with Gasteiger partial charge in [0.2, 0.25) is 4.77 Å². The molecule has 6 nitrogen and oxygen atoms in total. The molecule has 1 N–H and O–H groups in total. The van der Waals surface area contributed by atoms with Crippen molar-refractivity contribution in [3.63, 3.8) is 0 Å². The van der Waals surface area contributed by atoms with Crippen LogP contribution in [0.5, 0.6) is 5.75 Å². The van der Waals surface area contributed by atoms with Gasteiger partial charge in [0.05, 0.1) is 11.1 Å². The molecule has 0 fully saturated rings. The van der Waals surface area contributed by atoms with Gasteiger partial charge in [0, 0.05) is 0 Å². The lowest BCUT2D eigenvalue weighted by Gasteiger charge is -2.06. The molecule has 0 aliphatic rings. The molecule has 136 valence electrons. The van der Waals surface area contributed by atoms with Crippen LogP contribution in [0.15, 0.2) is 63.4 Å². The van der Waals surface area contributed by atoms with Crippen LogP contribution in [0.3, 0.4) is 0 Å². The monoisotopic (exact) mass is 396 g/mol. The molecule has 0 radical (unpaired) electrons. The van der Waals surface area contributed by atoms with Gasteiger partial charge in [-0.2, -0.15) is 14.9 Å². The Morgan fingerprint density at radius 3 is 2.96 bits per heavy atom. The largest absolute Gasteiger partial charge is 0.485 e. The van der Waals surface area contributed by atoms with Crippen LogP contribution in [0.2, 0.25) is 0 Å². The highest BCUT2D eigenvalue weighted by atomic mass is 32.1. The molecule has 1 aromatic carbocycles. The Balaban J connectivity index is 1.48. The van der Waals surface area contributed by atoms with Crippen LogP contribution in [0, 0.1) is 11.7 Å². The summed E-state index contributed by atoms with van der Waals surface area (Å²) in [4.78, 5) is 0.978. The predicted octanol–water partition coefficient (Wildman–Crippen LogP) is 5.03. The van der Waals surface area contributed by atoms with Crippen molar-refractivity contribution in [2.75, 3.05) is 0 Å². The summed E-state index contributed by atoms with van der Waals surface area (Å²) < 4.78 is 13.6. The first-order valence-electron chi connectivity index (χ1n) is 8.23. The SMILES string of the molecule is Cc1ccccc1OCc1ccc(C=Nn2c(-c3cccs3)n[nH]c2=S)o1. The van der Waals surface area contributed by atoms with Crippen LogP contribution in [0.4, 0.5) is 0 Å². The van der Waals surface area contributed by atoms with Gasteiger partial charge in [0.15, 0.2) is 5.82 Å². The maximum Gasteiger partial charge on any atom is 0.216 e. The van der Waals surface area contributed by atoms with Crippen molar-refractivity contribution in [3.05, 3.63) is 75.8 Å². The van der Waals surface area contributed by atoms with Crippen molar-refractivity contribution in [1.82, 2.24) is 14.9 Å². The van der Waals surface area contributed by atoms with Gasteiger partial charge in [-0.05, 0) is 54.4 Å². The average Bonchev–Trinajstić information content (AvgIpc) is 3.40. The number of H-pyrrole nitrogens is 1. The molecule has 3 aromatic heterocycles. The lowest BCUT2D eigenvalue weighted by molar-refractivity contribution is 0.268. The zero-order chi connectivity index (χ0) is 18.6. The summed E-state index contributed by atoms with van der Waals surface area (Å²) in [6.07, 6.45) is 1.61. The van der Waals surface area contributed by atoms with Crippen LogP contribution >= 0.6 is 23.6 Å². The van der Waals surface area contributed by atoms with Gasteiger partial charge in [-0.15, -0.1) is 11.3 Å². The number of furan rings is 1. The van der Waals surface area contributed by atoms with Crippen molar-refractivity contribution in [2.24, 2.45) is 5.10 Å². The van der Waals surface area contributed by atoms with E-state index < -0.39 is 0 Å². The molecule has 3 heterocycles. The molecule has 8 heteroatoms. The Kier molecular flexibility index (Phi) is 4.99. The number of ether oxygens (including phenoxy) is 1. The van der Waals surface area contributed by atoms with E-state index in [0.717, 1.165) is 16.2 Å². The molecule has 0 spiro atoms. The minimum absolute atomic E-state index is 0.351. The van der Waals surface area contributed by atoms with E-state index in [1.807, 2.05) is 60.8 Å². The molecular formula is C19H16N4O2S2. The van der Waals surface area contributed by atoms with E-state index in [1.54, 1.807) is 22.2 Å². The van der Waals surface area contributed by atoms with Crippen LogP contribution in [-0.4, -0.2) is 21.1 Å². The first-order chi connectivity index (χ1) is 13.2.